The van der Waals surface area contributed by atoms with E-state index in [0.717, 1.165) is 0 Å². The van der Waals surface area contributed by atoms with Crippen LogP contribution in [0.15, 0.2) is 45.8 Å². The number of halogens is 4. The fraction of sp³-hybridized carbons (Fsp3) is 0.0769. The molecule has 0 fully saturated rings. The lowest BCUT2D eigenvalue weighted by Crippen LogP contribution is -2.01. The summed E-state index contributed by atoms with van der Waals surface area (Å²) in [6, 6.07) is 8.21. The maximum atomic E-state index is 13.0. The van der Waals surface area contributed by atoms with E-state index in [2.05, 4.69) is 15.9 Å². The minimum absolute atomic E-state index is 0.0436. The predicted octanol–water partition coefficient (Wildman–Crippen LogP) is 4.75. The van der Waals surface area contributed by atoms with Crippen molar-refractivity contribution in [2.24, 2.45) is 0 Å². The van der Waals surface area contributed by atoms with Gasteiger partial charge in [-0.15, -0.1) is 0 Å². The number of benzene rings is 2. The van der Waals surface area contributed by atoms with Gasteiger partial charge in [-0.25, -0.2) is 12.8 Å². The second-order valence-corrected chi connectivity index (χ2v) is 7.88. The van der Waals surface area contributed by atoms with Crippen molar-refractivity contribution in [3.05, 3.63) is 57.3 Å². The maximum absolute atomic E-state index is 13.0. The Morgan fingerprint density at radius 2 is 1.90 bits per heavy atom. The van der Waals surface area contributed by atoms with Crippen LogP contribution in [0.3, 0.4) is 0 Å². The van der Waals surface area contributed by atoms with E-state index in [-0.39, 0.29) is 28.1 Å². The predicted molar refractivity (Wildman–Crippen MR) is 82.9 cm³/mol. The zero-order valence-electron chi connectivity index (χ0n) is 10.3. The number of hydrogen-bond acceptors (Lipinski definition) is 3. The summed E-state index contributed by atoms with van der Waals surface area (Å²) in [6.07, 6.45) is 0. The maximum Gasteiger partial charge on any atom is 0.265 e. The van der Waals surface area contributed by atoms with E-state index < -0.39 is 9.05 Å². The van der Waals surface area contributed by atoms with Crippen LogP contribution in [-0.2, 0) is 15.7 Å². The van der Waals surface area contributed by atoms with Crippen molar-refractivity contribution in [2.75, 3.05) is 0 Å². The summed E-state index contributed by atoms with van der Waals surface area (Å²) in [5, 5.41) is 0.226. The van der Waals surface area contributed by atoms with Crippen LogP contribution >= 0.6 is 38.2 Å². The van der Waals surface area contributed by atoms with Crippen molar-refractivity contribution in [1.82, 2.24) is 0 Å². The van der Waals surface area contributed by atoms with Gasteiger partial charge in [-0.1, -0.05) is 33.6 Å². The first-order valence-corrected chi connectivity index (χ1v) is 9.06. The molecule has 0 saturated heterocycles. The molecule has 0 saturated carbocycles. The smallest absolute Gasteiger partial charge is 0.265 e. The highest BCUT2D eigenvalue weighted by Gasteiger charge is 2.18. The molecule has 3 nitrogen and oxygen atoms in total. The van der Waals surface area contributed by atoms with Crippen LogP contribution in [0, 0.1) is 5.82 Å². The molecular formula is C13H8BrCl2FO3S. The Kier molecular flexibility index (Phi) is 5.14. The first-order valence-electron chi connectivity index (χ1n) is 5.58. The van der Waals surface area contributed by atoms with Gasteiger partial charge in [0.1, 0.15) is 23.1 Å². The van der Waals surface area contributed by atoms with Gasteiger partial charge in [0.2, 0.25) is 0 Å². The minimum atomic E-state index is -3.99. The van der Waals surface area contributed by atoms with Gasteiger partial charge in [-0.05, 0) is 30.3 Å². The van der Waals surface area contributed by atoms with Crippen LogP contribution in [0.25, 0.3) is 0 Å². The van der Waals surface area contributed by atoms with Gasteiger partial charge in [0, 0.05) is 25.7 Å². The molecule has 0 bridgehead atoms. The van der Waals surface area contributed by atoms with Crippen LogP contribution < -0.4 is 4.74 Å². The average Bonchev–Trinajstić information content (AvgIpc) is 2.38. The molecule has 0 atom stereocenters. The fourth-order valence-corrected chi connectivity index (χ4v) is 3.28. The third kappa shape index (κ3) is 4.32. The molecule has 2 aromatic rings. The summed E-state index contributed by atoms with van der Waals surface area (Å²) in [4.78, 5) is -0.213. The largest absolute Gasteiger partial charge is 0.487 e. The molecule has 2 rings (SSSR count). The lowest BCUT2D eigenvalue weighted by atomic mass is 10.2. The zero-order chi connectivity index (χ0) is 15.6. The van der Waals surface area contributed by atoms with Crippen LogP contribution in [0.4, 0.5) is 4.39 Å². The van der Waals surface area contributed by atoms with Gasteiger partial charge in [-0.2, -0.15) is 0 Å². The Morgan fingerprint density at radius 3 is 2.52 bits per heavy atom. The van der Waals surface area contributed by atoms with E-state index in [4.69, 9.17) is 27.0 Å². The highest BCUT2D eigenvalue weighted by molar-refractivity contribution is 9.10. The number of ether oxygens (including phenoxy) is 1. The van der Waals surface area contributed by atoms with E-state index in [1.54, 1.807) is 0 Å². The first-order chi connectivity index (χ1) is 9.77. The summed E-state index contributed by atoms with van der Waals surface area (Å²) in [7, 11) is 1.36. The highest BCUT2D eigenvalue weighted by atomic mass is 79.9. The van der Waals surface area contributed by atoms with E-state index in [1.807, 2.05) is 0 Å². The van der Waals surface area contributed by atoms with Gasteiger partial charge in [0.25, 0.3) is 9.05 Å². The van der Waals surface area contributed by atoms with Crippen molar-refractivity contribution in [1.29, 1.82) is 0 Å². The van der Waals surface area contributed by atoms with Crippen LogP contribution in [-0.4, -0.2) is 8.42 Å². The molecule has 0 aliphatic rings. The summed E-state index contributed by atoms with van der Waals surface area (Å²) in [5.74, 6) is -0.313. The van der Waals surface area contributed by atoms with E-state index >= 15 is 0 Å². The van der Waals surface area contributed by atoms with E-state index in [1.165, 1.54) is 36.4 Å². The number of rotatable bonds is 4. The molecule has 21 heavy (non-hydrogen) atoms. The van der Waals surface area contributed by atoms with Crippen molar-refractivity contribution >= 4 is 47.3 Å². The highest BCUT2D eigenvalue weighted by Crippen LogP contribution is 2.31. The van der Waals surface area contributed by atoms with Crippen LogP contribution in [0.1, 0.15) is 5.56 Å². The minimum Gasteiger partial charge on any atom is -0.487 e. The molecule has 0 aromatic heterocycles. The number of hydrogen-bond donors (Lipinski definition) is 0. The monoisotopic (exact) mass is 412 g/mol. The third-order valence-corrected chi connectivity index (χ3v) is 4.88. The summed E-state index contributed by atoms with van der Waals surface area (Å²) in [6.45, 7) is 0.0436. The molecule has 0 spiro atoms. The van der Waals surface area contributed by atoms with Gasteiger partial charge >= 0.3 is 0 Å². The fourth-order valence-electron chi connectivity index (χ4n) is 1.59. The van der Waals surface area contributed by atoms with Crippen LogP contribution in [0.2, 0.25) is 5.02 Å². The van der Waals surface area contributed by atoms with Crippen molar-refractivity contribution in [3.63, 3.8) is 0 Å². The molecule has 0 unspecified atom stereocenters. The second-order valence-electron chi connectivity index (χ2n) is 4.05. The molecule has 0 aliphatic carbocycles. The topological polar surface area (TPSA) is 43.4 Å². The Morgan fingerprint density at radius 1 is 1.19 bits per heavy atom. The molecule has 0 N–H and O–H groups in total. The molecular weight excluding hydrogens is 406 g/mol. The molecule has 0 heterocycles. The lowest BCUT2D eigenvalue weighted by Gasteiger charge is -2.11. The van der Waals surface area contributed by atoms with E-state index in [0.29, 0.717) is 10.0 Å². The SMILES string of the molecule is O=S(=O)(Cl)c1cc(Cl)ccc1OCc1ccc(F)cc1Br. The first kappa shape index (κ1) is 16.5. The lowest BCUT2D eigenvalue weighted by molar-refractivity contribution is 0.297. The van der Waals surface area contributed by atoms with Gasteiger partial charge < -0.3 is 4.74 Å². The summed E-state index contributed by atoms with van der Waals surface area (Å²) < 4.78 is 42.0. The van der Waals surface area contributed by atoms with Gasteiger partial charge in [0.05, 0.1) is 0 Å². The standard InChI is InChI=1S/C13H8BrCl2FO3S/c14-11-6-10(17)3-1-8(11)7-20-12-4-2-9(15)5-13(12)21(16,18)19/h1-6H,7H2. The molecule has 0 aliphatic heterocycles. The van der Waals surface area contributed by atoms with Gasteiger partial charge in [-0.3, -0.25) is 0 Å². The molecule has 8 heteroatoms. The Balaban J connectivity index is 2.28. The zero-order valence-corrected chi connectivity index (χ0v) is 14.2. The molecule has 0 radical (unpaired) electrons. The Hall–Kier alpha value is -0.820. The third-order valence-electron chi connectivity index (χ3n) is 2.57. The normalized spacial score (nSPS) is 11.4. The van der Waals surface area contributed by atoms with Crippen molar-refractivity contribution in [3.8, 4) is 5.75 Å². The van der Waals surface area contributed by atoms with Crippen LogP contribution in [0.5, 0.6) is 5.75 Å². The molecule has 112 valence electrons. The van der Waals surface area contributed by atoms with E-state index in [9.17, 15) is 12.8 Å². The van der Waals surface area contributed by atoms with Gasteiger partial charge in [0.15, 0.2) is 0 Å². The molecule has 0 amide bonds. The van der Waals surface area contributed by atoms with Crippen molar-refractivity contribution in [2.45, 2.75) is 11.5 Å². The second kappa shape index (κ2) is 6.52. The molecule has 2 aromatic carbocycles. The summed E-state index contributed by atoms with van der Waals surface area (Å²) >= 11 is 8.96. The quantitative estimate of drug-likeness (QED) is 0.679. The Bertz CT molecular complexity index is 781. The Labute approximate surface area is 139 Å². The summed E-state index contributed by atoms with van der Waals surface area (Å²) in [5.41, 5.74) is 0.657. The average molecular weight is 414 g/mol. The van der Waals surface area contributed by atoms with Crippen molar-refractivity contribution < 1.29 is 17.5 Å².